The predicted molar refractivity (Wildman–Crippen MR) is 86.9 cm³/mol. The van der Waals surface area contributed by atoms with Gasteiger partial charge in [-0.15, -0.1) is 11.3 Å². The molecule has 2 heterocycles. The van der Waals surface area contributed by atoms with Crippen molar-refractivity contribution in [3.8, 4) is 0 Å². The molecule has 3 rings (SSSR count). The van der Waals surface area contributed by atoms with Crippen LogP contribution in [0, 0.1) is 6.92 Å². The quantitative estimate of drug-likeness (QED) is 0.778. The fourth-order valence-electron chi connectivity index (χ4n) is 2.15. The highest BCUT2D eigenvalue weighted by atomic mass is 79.9. The van der Waals surface area contributed by atoms with E-state index in [4.69, 9.17) is 5.73 Å². The molecule has 20 heavy (non-hydrogen) atoms. The van der Waals surface area contributed by atoms with Crippen molar-refractivity contribution in [1.29, 1.82) is 0 Å². The number of hydrogen-bond acceptors (Lipinski definition) is 4. The molecule has 3 aromatic rings. The summed E-state index contributed by atoms with van der Waals surface area (Å²) < 4.78 is 0.956. The predicted octanol–water partition coefficient (Wildman–Crippen LogP) is 4.00. The Labute approximate surface area is 130 Å². The first-order valence-corrected chi connectivity index (χ1v) is 8.02. The minimum absolute atomic E-state index is 0.153. The van der Waals surface area contributed by atoms with Crippen LogP contribution in [0.4, 0.5) is 0 Å². The van der Waals surface area contributed by atoms with Crippen LogP contribution in [0.2, 0.25) is 0 Å². The molecule has 0 aliphatic heterocycles. The van der Waals surface area contributed by atoms with Crippen molar-refractivity contribution in [3.05, 3.63) is 56.6 Å². The lowest BCUT2D eigenvalue weighted by molar-refractivity contribution is 0.692. The third kappa shape index (κ3) is 2.75. The molecule has 0 amide bonds. The van der Waals surface area contributed by atoms with E-state index in [1.165, 1.54) is 0 Å². The van der Waals surface area contributed by atoms with Crippen molar-refractivity contribution in [2.75, 3.05) is 0 Å². The van der Waals surface area contributed by atoms with Gasteiger partial charge >= 0.3 is 0 Å². The van der Waals surface area contributed by atoms with Crippen molar-refractivity contribution < 1.29 is 0 Å². The summed E-state index contributed by atoms with van der Waals surface area (Å²) >= 11 is 5.22. The molecule has 5 heteroatoms. The Morgan fingerprint density at radius 1 is 1.30 bits per heavy atom. The van der Waals surface area contributed by atoms with Gasteiger partial charge in [0.05, 0.1) is 22.3 Å². The molecule has 2 aromatic heterocycles. The number of rotatable bonds is 3. The average Bonchev–Trinajstić information content (AvgIpc) is 2.83. The van der Waals surface area contributed by atoms with Crippen LogP contribution >= 0.6 is 27.3 Å². The van der Waals surface area contributed by atoms with Crippen molar-refractivity contribution in [2.24, 2.45) is 5.73 Å². The van der Waals surface area contributed by atoms with Gasteiger partial charge in [-0.05, 0) is 35.0 Å². The van der Waals surface area contributed by atoms with Crippen LogP contribution in [0.5, 0.6) is 0 Å². The minimum atomic E-state index is -0.153. The molecule has 0 fully saturated rings. The highest BCUT2D eigenvalue weighted by molar-refractivity contribution is 9.10. The summed E-state index contributed by atoms with van der Waals surface area (Å²) in [6, 6.07) is 9.97. The first-order chi connectivity index (χ1) is 9.63. The second-order valence-electron chi connectivity index (χ2n) is 4.74. The zero-order valence-corrected chi connectivity index (χ0v) is 13.4. The maximum absolute atomic E-state index is 6.30. The van der Waals surface area contributed by atoms with E-state index in [0.29, 0.717) is 6.42 Å². The number of nitrogens with zero attached hydrogens (tertiary/aromatic N) is 2. The summed E-state index contributed by atoms with van der Waals surface area (Å²) in [5, 5.41) is 4.21. The number of para-hydroxylation sites is 1. The van der Waals surface area contributed by atoms with Crippen LogP contribution in [0.1, 0.15) is 22.4 Å². The summed E-state index contributed by atoms with van der Waals surface area (Å²) in [5.41, 5.74) is 9.20. The van der Waals surface area contributed by atoms with E-state index in [1.807, 2.05) is 36.6 Å². The number of fused-ring (bicyclic) bond motifs is 1. The topological polar surface area (TPSA) is 51.8 Å². The molecule has 1 atom stereocenters. The summed E-state index contributed by atoms with van der Waals surface area (Å²) in [6.45, 7) is 2.00. The summed E-state index contributed by atoms with van der Waals surface area (Å²) in [6.07, 6.45) is 0.711. The fourth-order valence-corrected chi connectivity index (χ4v) is 3.61. The second-order valence-corrected chi connectivity index (χ2v) is 6.54. The third-order valence-electron chi connectivity index (χ3n) is 3.12. The smallest absolute Gasteiger partial charge is 0.0947 e. The normalized spacial score (nSPS) is 12.8. The molecule has 0 spiro atoms. The molecular formula is C15H14BrN3S. The molecule has 3 nitrogen and oxygen atoms in total. The number of pyridine rings is 1. The number of thiazole rings is 1. The molecule has 1 aromatic carbocycles. The standard InChI is InChI=1S/C15H14BrN3S/c1-9-8-20-14(18-9)7-12(17)15-11(16)6-10-4-2-3-5-13(10)19-15/h2-6,8,12H,7,17H2,1H3. The van der Waals surface area contributed by atoms with E-state index in [0.717, 1.165) is 31.8 Å². The lowest BCUT2D eigenvalue weighted by atomic mass is 10.1. The van der Waals surface area contributed by atoms with Gasteiger partial charge in [0.2, 0.25) is 0 Å². The van der Waals surface area contributed by atoms with Crippen LogP contribution in [0.25, 0.3) is 10.9 Å². The van der Waals surface area contributed by atoms with Gasteiger partial charge in [0, 0.05) is 27.4 Å². The molecule has 1 unspecified atom stereocenters. The monoisotopic (exact) mass is 347 g/mol. The number of nitrogens with two attached hydrogens (primary N) is 1. The van der Waals surface area contributed by atoms with E-state index in [2.05, 4.69) is 32.0 Å². The van der Waals surface area contributed by atoms with Crippen LogP contribution in [0.3, 0.4) is 0 Å². The number of halogens is 1. The van der Waals surface area contributed by atoms with Gasteiger partial charge in [0.1, 0.15) is 0 Å². The second kappa shape index (κ2) is 5.60. The Morgan fingerprint density at radius 3 is 2.85 bits per heavy atom. The SMILES string of the molecule is Cc1csc(CC(N)c2nc3ccccc3cc2Br)n1. The van der Waals surface area contributed by atoms with E-state index in [9.17, 15) is 0 Å². The Hall–Kier alpha value is -1.30. The number of aryl methyl sites for hydroxylation is 1. The van der Waals surface area contributed by atoms with E-state index < -0.39 is 0 Å². The van der Waals surface area contributed by atoms with Gasteiger partial charge in [-0.2, -0.15) is 0 Å². The summed E-state index contributed by atoms with van der Waals surface area (Å²) in [5.74, 6) is 0. The van der Waals surface area contributed by atoms with Gasteiger partial charge in [-0.1, -0.05) is 18.2 Å². The Morgan fingerprint density at radius 2 is 2.10 bits per heavy atom. The molecule has 0 aliphatic rings. The zero-order valence-electron chi connectivity index (χ0n) is 11.0. The van der Waals surface area contributed by atoms with Crippen molar-refractivity contribution in [2.45, 2.75) is 19.4 Å². The highest BCUT2D eigenvalue weighted by Crippen LogP contribution is 2.27. The Balaban J connectivity index is 1.94. The summed E-state index contributed by atoms with van der Waals surface area (Å²) in [7, 11) is 0. The van der Waals surface area contributed by atoms with Gasteiger partial charge in [0.25, 0.3) is 0 Å². The first-order valence-electron chi connectivity index (χ1n) is 6.35. The average molecular weight is 348 g/mol. The maximum Gasteiger partial charge on any atom is 0.0947 e. The van der Waals surface area contributed by atoms with Crippen LogP contribution in [-0.2, 0) is 6.42 Å². The van der Waals surface area contributed by atoms with Crippen molar-refractivity contribution >= 4 is 38.2 Å². The zero-order chi connectivity index (χ0) is 14.1. The molecule has 0 saturated carbocycles. The lowest BCUT2D eigenvalue weighted by Gasteiger charge is -2.12. The molecule has 0 aliphatic carbocycles. The molecule has 102 valence electrons. The van der Waals surface area contributed by atoms with E-state index in [-0.39, 0.29) is 6.04 Å². The molecule has 0 radical (unpaired) electrons. The van der Waals surface area contributed by atoms with Gasteiger partial charge in [0.15, 0.2) is 0 Å². The van der Waals surface area contributed by atoms with Gasteiger partial charge in [-0.25, -0.2) is 9.97 Å². The fraction of sp³-hybridized carbons (Fsp3) is 0.200. The van der Waals surface area contributed by atoms with Gasteiger partial charge in [-0.3, -0.25) is 0 Å². The first kappa shape index (κ1) is 13.7. The summed E-state index contributed by atoms with van der Waals surface area (Å²) in [4.78, 5) is 9.15. The molecule has 0 saturated heterocycles. The number of benzene rings is 1. The largest absolute Gasteiger partial charge is 0.322 e. The van der Waals surface area contributed by atoms with Crippen molar-refractivity contribution in [1.82, 2.24) is 9.97 Å². The molecular weight excluding hydrogens is 334 g/mol. The van der Waals surface area contributed by atoms with Crippen LogP contribution in [0.15, 0.2) is 40.2 Å². The maximum atomic E-state index is 6.30. The number of aromatic nitrogens is 2. The van der Waals surface area contributed by atoms with Crippen LogP contribution in [-0.4, -0.2) is 9.97 Å². The van der Waals surface area contributed by atoms with E-state index >= 15 is 0 Å². The highest BCUT2D eigenvalue weighted by Gasteiger charge is 2.15. The van der Waals surface area contributed by atoms with Gasteiger partial charge < -0.3 is 5.73 Å². The number of hydrogen-bond donors (Lipinski definition) is 1. The lowest BCUT2D eigenvalue weighted by Crippen LogP contribution is -2.15. The Bertz CT molecular complexity index is 754. The molecule has 2 N–H and O–H groups in total. The van der Waals surface area contributed by atoms with Crippen LogP contribution < -0.4 is 5.73 Å². The third-order valence-corrected chi connectivity index (χ3v) is 4.74. The molecule has 0 bridgehead atoms. The van der Waals surface area contributed by atoms with Crippen molar-refractivity contribution in [3.63, 3.8) is 0 Å². The minimum Gasteiger partial charge on any atom is -0.322 e. The van der Waals surface area contributed by atoms with E-state index in [1.54, 1.807) is 11.3 Å². The Kier molecular flexibility index (Phi) is 3.83.